The minimum absolute atomic E-state index is 0.0148. The molecule has 0 radical (unpaired) electrons. The molecule has 5 rings (SSSR count). The van der Waals surface area contributed by atoms with Crippen LogP contribution in [0.25, 0.3) is 16.2 Å². The molecule has 2 aliphatic rings. The van der Waals surface area contributed by atoms with Crippen molar-refractivity contribution in [2.24, 2.45) is 5.92 Å². The van der Waals surface area contributed by atoms with E-state index in [2.05, 4.69) is 10.3 Å². The number of carboxylic acid groups (broad SMARTS) is 1. The Morgan fingerprint density at radius 2 is 1.94 bits per heavy atom. The van der Waals surface area contributed by atoms with E-state index >= 15 is 0 Å². The fraction of sp³-hybridized carbons (Fsp3) is 0.435. The molecule has 1 amide bonds. The Hall–Kier alpha value is -3.31. The first-order valence-electron chi connectivity index (χ1n) is 11.3. The van der Waals surface area contributed by atoms with Gasteiger partial charge in [0.25, 0.3) is 0 Å². The predicted molar refractivity (Wildman–Crippen MR) is 127 cm³/mol. The van der Waals surface area contributed by atoms with E-state index in [1.807, 2.05) is 4.90 Å². The molecule has 0 aromatic carbocycles. The second-order valence-corrected chi connectivity index (χ2v) is 9.85. The fourth-order valence-corrected chi connectivity index (χ4v) is 5.26. The lowest BCUT2D eigenvalue weighted by molar-refractivity contribution is -0.126. The molecule has 1 saturated carbocycles. The van der Waals surface area contributed by atoms with Gasteiger partial charge in [-0.2, -0.15) is 0 Å². The summed E-state index contributed by atoms with van der Waals surface area (Å²) in [4.78, 5) is 48.2. The average Bonchev–Trinajstić information content (AvgIpc) is 3.29. The molecular weight excluding hydrogens is 458 g/mol. The summed E-state index contributed by atoms with van der Waals surface area (Å²) in [5, 5.41) is 24.8. The van der Waals surface area contributed by atoms with Gasteiger partial charge in [-0.3, -0.25) is 14.2 Å². The van der Waals surface area contributed by atoms with Crippen LogP contribution in [-0.2, 0) is 4.79 Å². The number of thiazole rings is 1. The van der Waals surface area contributed by atoms with Crippen LogP contribution in [0.2, 0.25) is 0 Å². The van der Waals surface area contributed by atoms with Gasteiger partial charge in [-0.05, 0) is 44.2 Å². The number of aromatic carboxylic acids is 1. The zero-order chi connectivity index (χ0) is 24.0. The second kappa shape index (κ2) is 8.80. The molecule has 34 heavy (non-hydrogen) atoms. The number of aryl methyl sites for hydroxylation is 1. The van der Waals surface area contributed by atoms with Crippen LogP contribution in [0, 0.1) is 12.8 Å². The number of aliphatic hydroxyl groups excluding tert-OH is 1. The number of aromatic nitrogens is 3. The van der Waals surface area contributed by atoms with Crippen molar-refractivity contribution in [3.05, 3.63) is 45.2 Å². The number of nitrogens with one attached hydrogen (secondary N) is 1. The first kappa shape index (κ1) is 22.5. The standard InChI is InChI=1S/C23H25N5O5S/c1-12-8-17(27-9-13(10-27)21(31)25-14-2-4-15(29)5-3-14)26-20-18(12)19(30)16(22(32)33)11-28(20)23-24-6-7-34-23/h6-8,11,13-15,29H,2-5,9-10H2,1H3,(H,25,31)(H,32,33). The maximum absolute atomic E-state index is 12.9. The van der Waals surface area contributed by atoms with Crippen molar-refractivity contribution < 1.29 is 19.8 Å². The summed E-state index contributed by atoms with van der Waals surface area (Å²) in [7, 11) is 0. The van der Waals surface area contributed by atoms with Crippen molar-refractivity contribution in [3.8, 4) is 5.13 Å². The lowest BCUT2D eigenvalue weighted by Crippen LogP contribution is -2.55. The lowest BCUT2D eigenvalue weighted by atomic mass is 9.91. The minimum atomic E-state index is -1.30. The molecule has 10 nitrogen and oxygen atoms in total. The van der Waals surface area contributed by atoms with E-state index in [9.17, 15) is 24.6 Å². The molecule has 2 fully saturated rings. The predicted octanol–water partition coefficient (Wildman–Crippen LogP) is 1.70. The summed E-state index contributed by atoms with van der Waals surface area (Å²) in [6, 6.07) is 1.88. The quantitative estimate of drug-likeness (QED) is 0.499. The molecule has 1 aliphatic heterocycles. The van der Waals surface area contributed by atoms with E-state index in [1.165, 1.54) is 17.5 Å². The van der Waals surface area contributed by atoms with Gasteiger partial charge in [0.1, 0.15) is 11.4 Å². The van der Waals surface area contributed by atoms with Gasteiger partial charge in [-0.25, -0.2) is 14.8 Å². The van der Waals surface area contributed by atoms with Crippen molar-refractivity contribution in [2.75, 3.05) is 18.0 Å². The third-order valence-corrected chi connectivity index (χ3v) is 7.39. The molecule has 3 aromatic rings. The van der Waals surface area contributed by atoms with Gasteiger partial charge in [-0.15, -0.1) is 11.3 Å². The summed E-state index contributed by atoms with van der Waals surface area (Å²) in [5.74, 6) is -0.812. The number of hydrogen-bond donors (Lipinski definition) is 3. The highest BCUT2D eigenvalue weighted by atomic mass is 32.1. The second-order valence-electron chi connectivity index (χ2n) is 8.97. The third-order valence-electron chi connectivity index (χ3n) is 6.62. The van der Waals surface area contributed by atoms with Gasteiger partial charge in [-0.1, -0.05) is 0 Å². The Bertz CT molecular complexity index is 1310. The van der Waals surface area contributed by atoms with Crippen molar-refractivity contribution in [2.45, 2.75) is 44.8 Å². The van der Waals surface area contributed by atoms with Crippen LogP contribution in [0.1, 0.15) is 41.6 Å². The van der Waals surface area contributed by atoms with Gasteiger partial charge < -0.3 is 20.4 Å². The van der Waals surface area contributed by atoms with E-state index < -0.39 is 11.4 Å². The molecule has 3 N–H and O–H groups in total. The SMILES string of the molecule is Cc1cc(N2CC(C(=O)NC3CCC(O)CC3)C2)nc2c1c(=O)c(C(=O)O)cn2-c1nccs1. The third kappa shape index (κ3) is 4.05. The molecule has 4 heterocycles. The summed E-state index contributed by atoms with van der Waals surface area (Å²) in [6.45, 7) is 2.77. The van der Waals surface area contributed by atoms with E-state index in [1.54, 1.807) is 29.1 Å². The van der Waals surface area contributed by atoms with Crippen molar-refractivity contribution in [1.82, 2.24) is 19.9 Å². The number of hydrogen-bond acceptors (Lipinski definition) is 8. The molecular formula is C23H25N5O5S. The Balaban J connectivity index is 1.41. The number of rotatable bonds is 5. The molecule has 3 aromatic heterocycles. The first-order valence-corrected chi connectivity index (χ1v) is 12.1. The number of carbonyl (C=O) groups is 2. The van der Waals surface area contributed by atoms with E-state index in [0.29, 0.717) is 48.1 Å². The van der Waals surface area contributed by atoms with Crippen LogP contribution >= 0.6 is 11.3 Å². The van der Waals surface area contributed by atoms with Gasteiger partial charge in [0.2, 0.25) is 11.3 Å². The molecule has 0 spiro atoms. The Kier molecular flexibility index (Phi) is 5.82. The molecule has 0 atom stereocenters. The van der Waals surface area contributed by atoms with Crippen LogP contribution in [0.15, 0.2) is 28.6 Å². The van der Waals surface area contributed by atoms with E-state index in [4.69, 9.17) is 4.98 Å². The maximum Gasteiger partial charge on any atom is 0.341 e. The van der Waals surface area contributed by atoms with E-state index in [0.717, 1.165) is 12.8 Å². The normalized spacial score (nSPS) is 20.8. The zero-order valence-corrected chi connectivity index (χ0v) is 19.4. The summed E-state index contributed by atoms with van der Waals surface area (Å²) < 4.78 is 1.54. The molecule has 0 bridgehead atoms. The van der Waals surface area contributed by atoms with Gasteiger partial charge >= 0.3 is 5.97 Å². The molecule has 1 aliphatic carbocycles. The summed E-state index contributed by atoms with van der Waals surface area (Å²) in [5.41, 5.74) is 0.0438. The van der Waals surface area contributed by atoms with E-state index in [-0.39, 0.29) is 34.9 Å². The monoisotopic (exact) mass is 483 g/mol. The van der Waals surface area contributed by atoms with Crippen LogP contribution in [0.3, 0.4) is 0 Å². The van der Waals surface area contributed by atoms with Crippen LogP contribution in [-0.4, -0.2) is 61.9 Å². The number of fused-ring (bicyclic) bond motifs is 1. The Morgan fingerprint density at radius 3 is 2.59 bits per heavy atom. The van der Waals surface area contributed by atoms with Crippen molar-refractivity contribution >= 4 is 40.1 Å². The number of carbonyl (C=O) groups excluding carboxylic acids is 1. The fourth-order valence-electron chi connectivity index (χ4n) is 4.64. The number of carboxylic acids is 1. The molecule has 0 unspecified atom stereocenters. The largest absolute Gasteiger partial charge is 0.477 e. The van der Waals surface area contributed by atoms with Crippen LogP contribution in [0.5, 0.6) is 0 Å². The number of anilines is 1. The Morgan fingerprint density at radius 1 is 1.21 bits per heavy atom. The lowest BCUT2D eigenvalue weighted by Gasteiger charge is -2.40. The number of aliphatic hydroxyl groups is 1. The first-order chi connectivity index (χ1) is 16.3. The smallest absolute Gasteiger partial charge is 0.341 e. The highest BCUT2D eigenvalue weighted by Gasteiger charge is 2.35. The zero-order valence-electron chi connectivity index (χ0n) is 18.6. The maximum atomic E-state index is 12.9. The molecule has 11 heteroatoms. The minimum Gasteiger partial charge on any atom is -0.477 e. The van der Waals surface area contributed by atoms with Crippen molar-refractivity contribution in [3.63, 3.8) is 0 Å². The summed E-state index contributed by atoms with van der Waals surface area (Å²) >= 11 is 1.31. The van der Waals surface area contributed by atoms with Gasteiger partial charge in [0.05, 0.1) is 17.4 Å². The van der Waals surface area contributed by atoms with Crippen LogP contribution < -0.4 is 15.6 Å². The van der Waals surface area contributed by atoms with Gasteiger partial charge in [0, 0.05) is 36.9 Å². The van der Waals surface area contributed by atoms with Crippen LogP contribution in [0.4, 0.5) is 5.82 Å². The Labute approximate surface area is 198 Å². The summed E-state index contributed by atoms with van der Waals surface area (Å²) in [6.07, 6.45) is 5.63. The number of amides is 1. The molecule has 178 valence electrons. The van der Waals surface area contributed by atoms with Gasteiger partial charge in [0.15, 0.2) is 10.8 Å². The highest BCUT2D eigenvalue weighted by molar-refractivity contribution is 7.12. The number of nitrogens with zero attached hydrogens (tertiary/aromatic N) is 4. The van der Waals surface area contributed by atoms with Crippen molar-refractivity contribution in [1.29, 1.82) is 0 Å². The number of pyridine rings is 2. The average molecular weight is 484 g/mol. The molecule has 1 saturated heterocycles. The topological polar surface area (TPSA) is 138 Å². The highest BCUT2D eigenvalue weighted by Crippen LogP contribution is 2.29.